The number of fused-ring (bicyclic) bond motifs is 1. The van der Waals surface area contributed by atoms with E-state index in [1.165, 1.54) is 6.20 Å². The first kappa shape index (κ1) is 15.6. The average Bonchev–Trinajstić information content (AvgIpc) is 2.47. The molecule has 0 aliphatic heterocycles. The fraction of sp³-hybridized carbons (Fsp3) is 0.357. The highest BCUT2D eigenvalue weighted by molar-refractivity contribution is 7.09. The van der Waals surface area contributed by atoms with Gasteiger partial charge < -0.3 is 9.84 Å². The highest BCUT2D eigenvalue weighted by atomic mass is 31.0. The van der Waals surface area contributed by atoms with Crippen molar-refractivity contribution in [3.63, 3.8) is 0 Å². The van der Waals surface area contributed by atoms with E-state index in [2.05, 4.69) is 26.7 Å². The van der Waals surface area contributed by atoms with Crippen LogP contribution in [0.5, 0.6) is 0 Å². The van der Waals surface area contributed by atoms with Crippen LogP contribution < -0.4 is 5.32 Å². The van der Waals surface area contributed by atoms with Gasteiger partial charge in [-0.3, -0.25) is 10.1 Å². The van der Waals surface area contributed by atoms with Crippen molar-refractivity contribution in [3.05, 3.63) is 40.6 Å². The molecule has 2 rings (SSSR count). The number of anilines is 1. The molecule has 0 fully saturated rings. The Morgan fingerprint density at radius 2 is 2.24 bits per heavy atom. The molecule has 0 saturated heterocycles. The van der Waals surface area contributed by atoms with Crippen molar-refractivity contribution in [2.45, 2.75) is 25.8 Å². The van der Waals surface area contributed by atoms with E-state index in [0.717, 1.165) is 23.7 Å². The van der Waals surface area contributed by atoms with Crippen LogP contribution in [-0.4, -0.2) is 22.6 Å². The largest absolute Gasteiger partial charge is 0.374 e. The number of pyridine rings is 1. The van der Waals surface area contributed by atoms with E-state index in [1.54, 1.807) is 0 Å². The number of aromatic nitrogens is 1. The van der Waals surface area contributed by atoms with E-state index < -0.39 is 4.92 Å². The number of hydrogen-bond donors (Lipinski definition) is 1. The van der Waals surface area contributed by atoms with Gasteiger partial charge in [0, 0.05) is 14.9 Å². The summed E-state index contributed by atoms with van der Waals surface area (Å²) in [6.07, 6.45) is 3.12. The van der Waals surface area contributed by atoms with Gasteiger partial charge in [0.15, 0.2) is 0 Å². The molecule has 2 aromatic rings. The zero-order chi connectivity index (χ0) is 15.2. The van der Waals surface area contributed by atoms with Crippen molar-refractivity contribution in [1.29, 1.82) is 0 Å². The number of nitro groups is 1. The van der Waals surface area contributed by atoms with Crippen LogP contribution in [0.2, 0.25) is 0 Å². The number of nitrogens with zero attached hydrogens (tertiary/aromatic N) is 2. The lowest BCUT2D eigenvalue weighted by molar-refractivity contribution is -0.384. The summed E-state index contributed by atoms with van der Waals surface area (Å²) in [4.78, 5) is 15.0. The Labute approximate surface area is 125 Å². The van der Waals surface area contributed by atoms with Crippen molar-refractivity contribution >= 4 is 31.7 Å². The lowest BCUT2D eigenvalue weighted by Gasteiger charge is -2.19. The first-order valence-electron chi connectivity index (χ1n) is 6.77. The van der Waals surface area contributed by atoms with Crippen LogP contribution in [0.3, 0.4) is 0 Å². The molecule has 112 valence electrons. The third-order valence-electron chi connectivity index (χ3n) is 3.24. The van der Waals surface area contributed by atoms with Gasteiger partial charge in [-0.2, -0.15) is 0 Å². The second-order valence-electron chi connectivity index (χ2n) is 4.76. The number of hydrogen-bond acceptors (Lipinski definition) is 5. The van der Waals surface area contributed by atoms with Gasteiger partial charge in [-0.15, -0.1) is 0 Å². The molecule has 1 N–H and O–H groups in total. The molecule has 0 aliphatic carbocycles. The average molecular weight is 307 g/mol. The van der Waals surface area contributed by atoms with E-state index in [9.17, 15) is 10.1 Å². The second-order valence-corrected chi connectivity index (χ2v) is 5.09. The highest BCUT2D eigenvalue weighted by Crippen LogP contribution is 2.32. The van der Waals surface area contributed by atoms with Gasteiger partial charge in [-0.1, -0.05) is 31.5 Å². The predicted octanol–water partition coefficient (Wildman–Crippen LogP) is 3.53. The van der Waals surface area contributed by atoms with E-state index >= 15 is 0 Å². The van der Waals surface area contributed by atoms with Gasteiger partial charge in [0.1, 0.15) is 11.9 Å². The van der Waals surface area contributed by atoms with Gasteiger partial charge in [-0.25, -0.2) is 4.98 Å². The maximum atomic E-state index is 11.3. The van der Waals surface area contributed by atoms with Crippen LogP contribution >= 0.6 is 9.47 Å². The molecule has 21 heavy (non-hydrogen) atoms. The first-order chi connectivity index (χ1) is 10.2. The molecule has 1 aromatic heterocycles. The normalized spacial score (nSPS) is 12.3. The van der Waals surface area contributed by atoms with Gasteiger partial charge >= 0.3 is 5.69 Å². The topological polar surface area (TPSA) is 77.3 Å². The van der Waals surface area contributed by atoms with E-state index in [4.69, 9.17) is 4.52 Å². The van der Waals surface area contributed by atoms with Crippen molar-refractivity contribution in [1.82, 2.24) is 4.98 Å². The van der Waals surface area contributed by atoms with E-state index in [0.29, 0.717) is 12.3 Å². The maximum Gasteiger partial charge on any atom is 0.311 e. The molecule has 0 spiro atoms. The van der Waals surface area contributed by atoms with Gasteiger partial charge in [0.25, 0.3) is 0 Å². The molecule has 6 nitrogen and oxygen atoms in total. The predicted molar refractivity (Wildman–Crippen MR) is 86.4 cm³/mol. The lowest BCUT2D eigenvalue weighted by atomic mass is 10.1. The van der Waals surface area contributed by atoms with Crippen LogP contribution in [0.1, 0.15) is 19.8 Å². The Balaban J connectivity index is 2.47. The Morgan fingerprint density at radius 3 is 2.90 bits per heavy atom. The summed E-state index contributed by atoms with van der Waals surface area (Å²) in [6.45, 7) is 2.53. The first-order valence-corrected chi connectivity index (χ1v) is 7.24. The fourth-order valence-electron chi connectivity index (χ4n) is 2.29. The molecule has 1 unspecified atom stereocenters. The second kappa shape index (κ2) is 7.29. The molecular weight excluding hydrogens is 289 g/mol. The molecule has 2 atom stereocenters. The fourth-order valence-corrected chi connectivity index (χ4v) is 2.52. The third-order valence-corrected chi connectivity index (χ3v) is 3.43. The van der Waals surface area contributed by atoms with Crippen LogP contribution in [-0.2, 0) is 4.52 Å². The van der Waals surface area contributed by atoms with Crippen LogP contribution in [0.15, 0.2) is 30.5 Å². The standard InChI is InChI=1S/C14H18N3O3P/c1-2-5-10(9-20-21)16-14-11-6-3-4-7-12(11)15-8-13(14)17(18)19/h3-4,6-8,10H,2,5,9,21H2,1H3,(H,15,16)/t10-/m0/s1. The van der Waals surface area contributed by atoms with Crippen molar-refractivity contribution in [2.75, 3.05) is 11.9 Å². The van der Waals surface area contributed by atoms with Gasteiger partial charge in [0.05, 0.1) is 23.1 Å². The molecule has 0 bridgehead atoms. The van der Waals surface area contributed by atoms with Crippen LogP contribution in [0.25, 0.3) is 10.9 Å². The molecule has 0 saturated carbocycles. The van der Waals surface area contributed by atoms with E-state index in [-0.39, 0.29) is 11.7 Å². The van der Waals surface area contributed by atoms with Crippen LogP contribution in [0.4, 0.5) is 11.4 Å². The van der Waals surface area contributed by atoms with Gasteiger partial charge in [0.2, 0.25) is 0 Å². The molecule has 1 heterocycles. The Bertz CT molecular complexity index is 630. The minimum absolute atomic E-state index is 0.0111. The monoisotopic (exact) mass is 307 g/mol. The third kappa shape index (κ3) is 3.65. The molecule has 0 amide bonds. The highest BCUT2D eigenvalue weighted by Gasteiger charge is 2.20. The molecular formula is C14H18N3O3P. The number of rotatable bonds is 7. The molecule has 1 aromatic carbocycles. The summed E-state index contributed by atoms with van der Waals surface area (Å²) < 4.78 is 5.11. The van der Waals surface area contributed by atoms with E-state index in [1.807, 2.05) is 24.3 Å². The van der Waals surface area contributed by atoms with Crippen molar-refractivity contribution in [3.8, 4) is 0 Å². The number of para-hydroxylation sites is 1. The summed E-state index contributed by atoms with van der Waals surface area (Å²) in [6, 6.07) is 7.39. The van der Waals surface area contributed by atoms with Crippen LogP contribution in [0, 0.1) is 10.1 Å². The van der Waals surface area contributed by atoms with Gasteiger partial charge in [-0.05, 0) is 12.5 Å². The smallest absolute Gasteiger partial charge is 0.311 e. The summed E-state index contributed by atoms with van der Waals surface area (Å²) in [7, 11) is 2.21. The minimum atomic E-state index is -0.410. The maximum absolute atomic E-state index is 11.3. The minimum Gasteiger partial charge on any atom is -0.374 e. The molecule has 7 heteroatoms. The summed E-state index contributed by atoms with van der Waals surface area (Å²) in [5.74, 6) is 0. The Kier molecular flexibility index (Phi) is 5.42. The Hall–Kier alpha value is -1.78. The number of benzene rings is 1. The summed E-state index contributed by atoms with van der Waals surface area (Å²) in [5, 5.41) is 15.3. The zero-order valence-corrected chi connectivity index (χ0v) is 12.9. The molecule has 0 aliphatic rings. The summed E-state index contributed by atoms with van der Waals surface area (Å²) in [5.41, 5.74) is 1.22. The van der Waals surface area contributed by atoms with Crippen molar-refractivity contribution in [2.24, 2.45) is 0 Å². The quantitative estimate of drug-likeness (QED) is 0.481. The SMILES string of the molecule is CCC[C@@H](COP)Nc1c([N+](=O)[O-])cnc2ccccc12. The molecule has 0 radical (unpaired) electrons. The Morgan fingerprint density at radius 1 is 1.48 bits per heavy atom. The lowest BCUT2D eigenvalue weighted by Crippen LogP contribution is -2.24. The zero-order valence-electron chi connectivity index (χ0n) is 11.8. The summed E-state index contributed by atoms with van der Waals surface area (Å²) >= 11 is 0. The number of nitrogens with one attached hydrogen (secondary N) is 1. The van der Waals surface area contributed by atoms with Crippen molar-refractivity contribution < 1.29 is 9.45 Å².